The van der Waals surface area contributed by atoms with Gasteiger partial charge < -0.3 is 14.2 Å². The van der Waals surface area contributed by atoms with Crippen LogP contribution in [0.15, 0.2) is 4.42 Å². The number of carbonyl (C=O) groups excluding carboxylic acids is 2. The number of rotatable bonds is 3. The molecule has 0 N–H and O–H groups in total. The van der Waals surface area contributed by atoms with Crippen LogP contribution in [-0.4, -0.2) is 51.4 Å². The lowest BCUT2D eigenvalue weighted by atomic mass is 9.85. The molecule has 130 valence electrons. The number of hydrogen-bond acceptors (Lipinski definition) is 5. The maximum Gasteiger partial charge on any atom is 0.238 e. The fraction of sp³-hybridized carbons (Fsp3) is 0.765. The Morgan fingerprint density at radius 1 is 1.04 bits per heavy atom. The first-order chi connectivity index (χ1) is 11.6. The van der Waals surface area contributed by atoms with Crippen LogP contribution in [-0.2, 0) is 9.59 Å². The summed E-state index contributed by atoms with van der Waals surface area (Å²) in [5, 5.41) is 8.46. The van der Waals surface area contributed by atoms with E-state index in [4.69, 9.17) is 4.42 Å². The Kier molecular flexibility index (Phi) is 4.02. The van der Waals surface area contributed by atoms with Gasteiger partial charge in [0.05, 0.1) is 5.92 Å². The number of aromatic nitrogens is 2. The molecule has 2 amide bonds. The zero-order chi connectivity index (χ0) is 16.7. The Morgan fingerprint density at radius 2 is 1.79 bits per heavy atom. The molecule has 0 spiro atoms. The van der Waals surface area contributed by atoms with Crippen LogP contribution in [0.25, 0.3) is 0 Å². The summed E-state index contributed by atoms with van der Waals surface area (Å²) in [6.07, 6.45) is 6.43. The monoisotopic (exact) mass is 332 g/mol. The molecule has 3 heterocycles. The van der Waals surface area contributed by atoms with Crippen molar-refractivity contribution in [2.24, 2.45) is 5.92 Å². The van der Waals surface area contributed by atoms with Gasteiger partial charge in [-0.15, -0.1) is 10.2 Å². The van der Waals surface area contributed by atoms with Gasteiger partial charge in [-0.3, -0.25) is 9.59 Å². The number of carbonyl (C=O) groups is 2. The average molecular weight is 332 g/mol. The number of nitrogens with zero attached hydrogens (tertiary/aromatic N) is 4. The highest BCUT2D eigenvalue weighted by Crippen LogP contribution is 2.38. The first-order valence-corrected chi connectivity index (χ1v) is 9.03. The predicted octanol–water partition coefficient (Wildman–Crippen LogP) is 1.87. The molecule has 3 aliphatic rings. The maximum atomic E-state index is 12.8. The zero-order valence-electron chi connectivity index (χ0n) is 14.1. The second-order valence-electron chi connectivity index (χ2n) is 7.27. The lowest BCUT2D eigenvalue weighted by Gasteiger charge is -2.42. The van der Waals surface area contributed by atoms with Crippen LogP contribution in [0.3, 0.4) is 0 Å². The summed E-state index contributed by atoms with van der Waals surface area (Å²) in [6, 6.07) is -0.0982. The van der Waals surface area contributed by atoms with E-state index < -0.39 is 0 Å². The van der Waals surface area contributed by atoms with Gasteiger partial charge in [0.2, 0.25) is 23.6 Å². The van der Waals surface area contributed by atoms with Crippen LogP contribution >= 0.6 is 0 Å². The summed E-state index contributed by atoms with van der Waals surface area (Å²) in [4.78, 5) is 27.8. The smallest absolute Gasteiger partial charge is 0.238 e. The molecule has 24 heavy (non-hydrogen) atoms. The molecule has 1 aromatic rings. The normalized spacial score (nSPS) is 25.3. The fourth-order valence-corrected chi connectivity index (χ4v) is 3.78. The van der Waals surface area contributed by atoms with Crippen LogP contribution < -0.4 is 0 Å². The van der Waals surface area contributed by atoms with Crippen LogP contribution in [0.4, 0.5) is 0 Å². The molecule has 1 saturated carbocycles. The summed E-state index contributed by atoms with van der Waals surface area (Å²) >= 11 is 0. The summed E-state index contributed by atoms with van der Waals surface area (Å²) < 4.78 is 5.92. The summed E-state index contributed by atoms with van der Waals surface area (Å²) in [5.41, 5.74) is 0. The van der Waals surface area contributed by atoms with Gasteiger partial charge in [0.15, 0.2) is 0 Å². The summed E-state index contributed by atoms with van der Waals surface area (Å²) in [5.74, 6) is 1.82. The van der Waals surface area contributed by atoms with Crippen molar-refractivity contribution < 1.29 is 14.0 Å². The largest absolute Gasteiger partial charge is 0.423 e. The van der Waals surface area contributed by atoms with Crippen molar-refractivity contribution in [1.82, 2.24) is 20.0 Å². The van der Waals surface area contributed by atoms with E-state index in [1.165, 1.54) is 6.42 Å². The van der Waals surface area contributed by atoms with E-state index >= 15 is 0 Å². The van der Waals surface area contributed by atoms with Gasteiger partial charge in [0.1, 0.15) is 6.04 Å². The highest BCUT2D eigenvalue weighted by molar-refractivity contribution is 5.84. The highest BCUT2D eigenvalue weighted by atomic mass is 16.4. The van der Waals surface area contributed by atoms with E-state index in [-0.39, 0.29) is 23.8 Å². The molecule has 4 rings (SSSR count). The Balaban J connectivity index is 1.46. The Morgan fingerprint density at radius 3 is 2.46 bits per heavy atom. The fourth-order valence-electron chi connectivity index (χ4n) is 3.78. The molecular weight excluding hydrogens is 308 g/mol. The Labute approximate surface area is 141 Å². The van der Waals surface area contributed by atoms with Crippen LogP contribution in [0.2, 0.25) is 0 Å². The van der Waals surface area contributed by atoms with E-state index in [9.17, 15) is 9.59 Å². The molecule has 2 saturated heterocycles. The van der Waals surface area contributed by atoms with Crippen molar-refractivity contribution in [3.05, 3.63) is 11.8 Å². The van der Waals surface area contributed by atoms with Crippen molar-refractivity contribution in [2.75, 3.05) is 19.6 Å². The lowest BCUT2D eigenvalue weighted by Crippen LogP contribution is -2.56. The SMILES string of the molecule is CC(=O)N1CC(C(=O)N2CCCCC2c2nnc(C3CCC3)o2)C1. The van der Waals surface area contributed by atoms with E-state index in [2.05, 4.69) is 10.2 Å². The van der Waals surface area contributed by atoms with Gasteiger partial charge in [-0.2, -0.15) is 0 Å². The van der Waals surface area contributed by atoms with E-state index in [0.717, 1.165) is 44.5 Å². The molecule has 0 aromatic carbocycles. The molecule has 2 aliphatic heterocycles. The summed E-state index contributed by atoms with van der Waals surface area (Å²) in [7, 11) is 0. The Bertz CT molecular complexity index is 634. The molecule has 7 heteroatoms. The quantitative estimate of drug-likeness (QED) is 0.844. The second kappa shape index (κ2) is 6.18. The molecule has 0 bridgehead atoms. The van der Waals surface area contributed by atoms with Gasteiger partial charge in [0, 0.05) is 32.5 Å². The highest BCUT2D eigenvalue weighted by Gasteiger charge is 2.41. The molecule has 1 aliphatic carbocycles. The van der Waals surface area contributed by atoms with Crippen molar-refractivity contribution in [1.29, 1.82) is 0 Å². The predicted molar refractivity (Wildman–Crippen MR) is 84.9 cm³/mol. The van der Waals surface area contributed by atoms with Gasteiger partial charge in [-0.1, -0.05) is 6.42 Å². The van der Waals surface area contributed by atoms with Crippen LogP contribution in [0.1, 0.15) is 69.2 Å². The third kappa shape index (κ3) is 2.70. The minimum absolute atomic E-state index is 0.0382. The van der Waals surface area contributed by atoms with Gasteiger partial charge in [-0.25, -0.2) is 0 Å². The van der Waals surface area contributed by atoms with Gasteiger partial charge in [0.25, 0.3) is 0 Å². The zero-order valence-corrected chi connectivity index (χ0v) is 14.1. The topological polar surface area (TPSA) is 79.5 Å². The molecule has 1 unspecified atom stereocenters. The molecule has 7 nitrogen and oxygen atoms in total. The van der Waals surface area contributed by atoms with Crippen LogP contribution in [0.5, 0.6) is 0 Å². The van der Waals surface area contributed by atoms with Crippen molar-refractivity contribution >= 4 is 11.8 Å². The first-order valence-electron chi connectivity index (χ1n) is 9.03. The molecule has 1 atom stereocenters. The second-order valence-corrected chi connectivity index (χ2v) is 7.27. The summed E-state index contributed by atoms with van der Waals surface area (Å²) in [6.45, 7) is 3.36. The van der Waals surface area contributed by atoms with E-state index in [1.807, 2.05) is 4.90 Å². The number of likely N-dealkylation sites (tertiary alicyclic amines) is 2. The van der Waals surface area contributed by atoms with Crippen molar-refractivity contribution in [3.8, 4) is 0 Å². The molecule has 1 aromatic heterocycles. The number of hydrogen-bond donors (Lipinski definition) is 0. The third-order valence-electron chi connectivity index (χ3n) is 5.66. The minimum atomic E-state index is -0.0982. The average Bonchev–Trinajstić information content (AvgIpc) is 2.92. The van der Waals surface area contributed by atoms with Crippen molar-refractivity contribution in [2.45, 2.75) is 57.4 Å². The lowest BCUT2D eigenvalue weighted by molar-refractivity contribution is -0.150. The van der Waals surface area contributed by atoms with Crippen molar-refractivity contribution in [3.63, 3.8) is 0 Å². The molecule has 3 fully saturated rings. The van der Waals surface area contributed by atoms with E-state index in [0.29, 0.717) is 24.9 Å². The Hall–Kier alpha value is -1.92. The van der Waals surface area contributed by atoms with E-state index in [1.54, 1.807) is 11.8 Å². The van der Waals surface area contributed by atoms with Crippen LogP contribution in [0, 0.1) is 5.92 Å². The molecular formula is C17H24N4O3. The number of amides is 2. The number of piperidine rings is 1. The minimum Gasteiger partial charge on any atom is -0.423 e. The first kappa shape index (κ1) is 15.6. The van der Waals surface area contributed by atoms with Gasteiger partial charge in [-0.05, 0) is 32.1 Å². The van der Waals surface area contributed by atoms with Gasteiger partial charge >= 0.3 is 0 Å². The third-order valence-corrected chi connectivity index (χ3v) is 5.66. The maximum absolute atomic E-state index is 12.8. The standard InChI is InChI=1S/C17H24N4O3/c1-11(22)20-9-13(10-20)17(23)21-8-3-2-7-14(21)16-19-18-15(24-16)12-5-4-6-12/h12-14H,2-10H2,1H3. The molecule has 0 radical (unpaired) electrons.